The Kier molecular flexibility index (Phi) is 6.22. The van der Waals surface area contributed by atoms with Crippen LogP contribution in [0.3, 0.4) is 0 Å². The summed E-state index contributed by atoms with van der Waals surface area (Å²) >= 11 is 0. The largest absolute Gasteiger partial charge is 0.497 e. The smallest absolute Gasteiger partial charge is 0.270 e. The Morgan fingerprint density at radius 2 is 1.79 bits per heavy atom. The molecule has 0 aliphatic rings. The quantitative estimate of drug-likeness (QED) is 0.654. The molecule has 6 heteroatoms. The van der Waals surface area contributed by atoms with Crippen molar-refractivity contribution in [2.45, 2.75) is 26.4 Å². The first-order valence-electron chi connectivity index (χ1n) is 9.13. The molecule has 0 fully saturated rings. The van der Waals surface area contributed by atoms with E-state index in [0.717, 1.165) is 16.9 Å². The fourth-order valence-electron chi connectivity index (χ4n) is 2.82. The van der Waals surface area contributed by atoms with Crippen molar-refractivity contribution in [3.05, 3.63) is 83.3 Å². The van der Waals surface area contributed by atoms with Crippen molar-refractivity contribution >= 4 is 11.7 Å². The molecule has 6 nitrogen and oxygen atoms in total. The van der Waals surface area contributed by atoms with Crippen LogP contribution in [-0.4, -0.2) is 23.0 Å². The van der Waals surface area contributed by atoms with Gasteiger partial charge in [-0.05, 0) is 37.1 Å². The molecular formula is C22H24N4O2. The van der Waals surface area contributed by atoms with Crippen LogP contribution in [0.15, 0.2) is 60.7 Å². The summed E-state index contributed by atoms with van der Waals surface area (Å²) < 4.78 is 5.14. The van der Waals surface area contributed by atoms with E-state index in [9.17, 15) is 4.79 Å². The van der Waals surface area contributed by atoms with E-state index in [1.807, 2.05) is 54.6 Å². The molecule has 0 saturated carbocycles. The van der Waals surface area contributed by atoms with Crippen LogP contribution in [-0.2, 0) is 6.54 Å². The molecule has 0 saturated heterocycles. The summed E-state index contributed by atoms with van der Waals surface area (Å²) in [6.07, 6.45) is 0. The summed E-state index contributed by atoms with van der Waals surface area (Å²) in [4.78, 5) is 21.2. The number of hydrogen-bond acceptors (Lipinski definition) is 5. The van der Waals surface area contributed by atoms with Crippen molar-refractivity contribution < 1.29 is 9.53 Å². The zero-order chi connectivity index (χ0) is 19.9. The summed E-state index contributed by atoms with van der Waals surface area (Å²) in [5.41, 5.74) is 2.46. The van der Waals surface area contributed by atoms with Crippen LogP contribution in [0, 0.1) is 6.92 Å². The minimum Gasteiger partial charge on any atom is -0.497 e. The molecule has 1 unspecified atom stereocenters. The topological polar surface area (TPSA) is 76.1 Å². The van der Waals surface area contributed by atoms with E-state index in [1.165, 1.54) is 0 Å². The van der Waals surface area contributed by atoms with Crippen LogP contribution in [0.4, 0.5) is 5.82 Å². The highest BCUT2D eigenvalue weighted by molar-refractivity contribution is 5.92. The number of anilines is 1. The number of nitrogens with one attached hydrogen (secondary N) is 2. The fraction of sp³-hybridized carbons (Fsp3) is 0.227. The minimum absolute atomic E-state index is 0.0608. The molecule has 3 rings (SSSR count). The minimum atomic E-state index is -0.239. The van der Waals surface area contributed by atoms with Gasteiger partial charge in [0.1, 0.15) is 23.1 Å². The van der Waals surface area contributed by atoms with Gasteiger partial charge in [0.2, 0.25) is 0 Å². The summed E-state index contributed by atoms with van der Waals surface area (Å²) in [6, 6.07) is 19.4. The monoisotopic (exact) mass is 376 g/mol. The molecule has 1 aromatic heterocycles. The Morgan fingerprint density at radius 1 is 1.07 bits per heavy atom. The van der Waals surface area contributed by atoms with Crippen molar-refractivity contribution in [3.63, 3.8) is 0 Å². The van der Waals surface area contributed by atoms with E-state index in [1.54, 1.807) is 20.1 Å². The summed E-state index contributed by atoms with van der Waals surface area (Å²) in [5, 5.41) is 6.23. The fourth-order valence-corrected chi connectivity index (χ4v) is 2.82. The Morgan fingerprint density at radius 3 is 2.46 bits per heavy atom. The molecule has 1 atom stereocenters. The Bertz CT molecular complexity index is 927. The number of carbonyl (C=O) groups is 1. The van der Waals surface area contributed by atoms with Gasteiger partial charge in [-0.2, -0.15) is 0 Å². The Balaban J connectivity index is 1.66. The van der Waals surface area contributed by atoms with Crippen molar-refractivity contribution in [1.29, 1.82) is 0 Å². The average molecular weight is 376 g/mol. The number of carbonyl (C=O) groups excluding carboxylic acids is 1. The second-order valence-electron chi connectivity index (χ2n) is 6.49. The average Bonchev–Trinajstić information content (AvgIpc) is 2.72. The molecular weight excluding hydrogens is 352 g/mol. The van der Waals surface area contributed by atoms with Gasteiger partial charge in [-0.1, -0.05) is 42.5 Å². The number of nitrogens with zero attached hydrogens (tertiary/aromatic N) is 2. The molecule has 0 aliphatic heterocycles. The zero-order valence-corrected chi connectivity index (χ0v) is 16.3. The SMILES string of the molecule is COc1ccc(CNC(=O)c2cc(NC(C)c3ccccc3)nc(C)n2)cc1. The van der Waals surface area contributed by atoms with Crippen LogP contribution in [0.2, 0.25) is 0 Å². The lowest BCUT2D eigenvalue weighted by molar-refractivity contribution is 0.0945. The predicted molar refractivity (Wildman–Crippen MR) is 109 cm³/mol. The van der Waals surface area contributed by atoms with Crippen molar-refractivity contribution in [1.82, 2.24) is 15.3 Å². The molecule has 1 heterocycles. The predicted octanol–water partition coefficient (Wildman–Crippen LogP) is 3.90. The van der Waals surface area contributed by atoms with Gasteiger partial charge in [0, 0.05) is 18.7 Å². The van der Waals surface area contributed by atoms with E-state index < -0.39 is 0 Å². The van der Waals surface area contributed by atoms with Gasteiger partial charge in [-0.3, -0.25) is 4.79 Å². The second-order valence-corrected chi connectivity index (χ2v) is 6.49. The summed E-state index contributed by atoms with van der Waals surface area (Å²) in [6.45, 7) is 4.24. The molecule has 2 aromatic carbocycles. The Hall–Kier alpha value is -3.41. The highest BCUT2D eigenvalue weighted by Gasteiger charge is 2.12. The third-order valence-electron chi connectivity index (χ3n) is 4.35. The van der Waals surface area contributed by atoms with E-state index in [2.05, 4.69) is 27.5 Å². The van der Waals surface area contributed by atoms with E-state index in [4.69, 9.17) is 4.74 Å². The first-order valence-corrected chi connectivity index (χ1v) is 9.13. The van der Waals surface area contributed by atoms with Gasteiger partial charge >= 0.3 is 0 Å². The molecule has 28 heavy (non-hydrogen) atoms. The van der Waals surface area contributed by atoms with Crippen molar-refractivity contribution in [3.8, 4) is 5.75 Å². The number of rotatable bonds is 7. The number of aromatic nitrogens is 2. The van der Waals surface area contributed by atoms with Crippen LogP contribution < -0.4 is 15.4 Å². The maximum Gasteiger partial charge on any atom is 0.270 e. The van der Waals surface area contributed by atoms with Gasteiger partial charge in [-0.25, -0.2) is 9.97 Å². The van der Waals surface area contributed by atoms with Gasteiger partial charge < -0.3 is 15.4 Å². The third-order valence-corrected chi connectivity index (χ3v) is 4.35. The lowest BCUT2D eigenvalue weighted by Crippen LogP contribution is -2.24. The number of ether oxygens (including phenoxy) is 1. The third kappa shape index (κ3) is 5.07. The highest BCUT2D eigenvalue weighted by atomic mass is 16.5. The molecule has 0 aliphatic carbocycles. The number of aryl methyl sites for hydroxylation is 1. The van der Waals surface area contributed by atoms with E-state index in [-0.39, 0.29) is 11.9 Å². The van der Waals surface area contributed by atoms with E-state index >= 15 is 0 Å². The number of hydrogen-bond donors (Lipinski definition) is 2. The maximum atomic E-state index is 12.5. The van der Waals surface area contributed by atoms with Crippen LogP contribution in [0.5, 0.6) is 5.75 Å². The van der Waals surface area contributed by atoms with Crippen molar-refractivity contribution in [2.24, 2.45) is 0 Å². The Labute approximate surface area is 165 Å². The summed E-state index contributed by atoms with van der Waals surface area (Å²) in [7, 11) is 1.62. The molecule has 0 radical (unpaired) electrons. The molecule has 0 spiro atoms. The van der Waals surface area contributed by atoms with Gasteiger partial charge in [-0.15, -0.1) is 0 Å². The van der Waals surface area contributed by atoms with Crippen LogP contribution >= 0.6 is 0 Å². The summed E-state index contributed by atoms with van der Waals surface area (Å²) in [5.74, 6) is 1.71. The zero-order valence-electron chi connectivity index (χ0n) is 16.3. The number of amides is 1. The molecule has 2 N–H and O–H groups in total. The van der Waals surface area contributed by atoms with Gasteiger partial charge in [0.05, 0.1) is 7.11 Å². The molecule has 3 aromatic rings. The lowest BCUT2D eigenvalue weighted by atomic mass is 10.1. The number of benzene rings is 2. The normalized spacial score (nSPS) is 11.5. The first-order chi connectivity index (χ1) is 13.5. The van der Waals surface area contributed by atoms with Crippen LogP contribution in [0.25, 0.3) is 0 Å². The van der Waals surface area contributed by atoms with Crippen LogP contribution in [0.1, 0.15) is 40.4 Å². The lowest BCUT2D eigenvalue weighted by Gasteiger charge is -2.16. The van der Waals surface area contributed by atoms with Gasteiger partial charge in [0.15, 0.2) is 0 Å². The number of methoxy groups -OCH3 is 1. The standard InChI is InChI=1S/C22H24N4O2/c1-15(18-7-5-4-6-8-18)24-21-13-20(25-16(2)26-21)22(27)23-14-17-9-11-19(28-3)12-10-17/h4-13,15H,14H2,1-3H3,(H,23,27)(H,24,25,26). The molecule has 0 bridgehead atoms. The van der Waals surface area contributed by atoms with E-state index in [0.29, 0.717) is 23.9 Å². The van der Waals surface area contributed by atoms with Crippen molar-refractivity contribution in [2.75, 3.05) is 12.4 Å². The van der Waals surface area contributed by atoms with Gasteiger partial charge in [0.25, 0.3) is 5.91 Å². The molecule has 1 amide bonds. The highest BCUT2D eigenvalue weighted by Crippen LogP contribution is 2.18. The maximum absolute atomic E-state index is 12.5. The second kappa shape index (κ2) is 8.99. The molecule has 144 valence electrons. The first kappa shape index (κ1) is 19.4.